The SMILES string of the molecule is CC1C(=O)NCCN1C(=O)CCc1ccc(N)cc1. The number of benzene rings is 1. The number of anilines is 1. The van der Waals surface area contributed by atoms with Crippen molar-refractivity contribution in [3.63, 3.8) is 0 Å². The maximum absolute atomic E-state index is 12.1. The van der Waals surface area contributed by atoms with E-state index in [4.69, 9.17) is 5.73 Å². The van der Waals surface area contributed by atoms with E-state index < -0.39 is 0 Å². The van der Waals surface area contributed by atoms with Crippen LogP contribution in [0.5, 0.6) is 0 Å². The summed E-state index contributed by atoms with van der Waals surface area (Å²) in [5, 5.41) is 2.75. The van der Waals surface area contributed by atoms with E-state index in [1.807, 2.05) is 24.3 Å². The first-order valence-corrected chi connectivity index (χ1v) is 6.49. The molecule has 1 heterocycles. The number of hydrogen-bond donors (Lipinski definition) is 2. The molecule has 2 rings (SSSR count). The van der Waals surface area contributed by atoms with Crippen LogP contribution in [0.3, 0.4) is 0 Å². The summed E-state index contributed by atoms with van der Waals surface area (Å²) in [6, 6.07) is 7.14. The topological polar surface area (TPSA) is 75.4 Å². The lowest BCUT2D eigenvalue weighted by atomic mass is 10.1. The minimum Gasteiger partial charge on any atom is -0.399 e. The predicted octanol–water partition coefficient (Wildman–Crippen LogP) is 0.548. The molecule has 1 aliphatic rings. The second-order valence-electron chi connectivity index (χ2n) is 4.80. The fourth-order valence-corrected chi connectivity index (χ4v) is 2.20. The van der Waals surface area contributed by atoms with Crippen LogP contribution >= 0.6 is 0 Å². The van der Waals surface area contributed by atoms with Crippen LogP contribution in [0.15, 0.2) is 24.3 Å². The average molecular weight is 261 g/mol. The Bertz CT molecular complexity index is 470. The van der Waals surface area contributed by atoms with E-state index >= 15 is 0 Å². The fourth-order valence-electron chi connectivity index (χ4n) is 2.20. The molecule has 1 saturated heterocycles. The maximum atomic E-state index is 12.1. The third-order valence-electron chi connectivity index (χ3n) is 3.43. The molecule has 5 heteroatoms. The number of nitrogens with zero attached hydrogens (tertiary/aromatic N) is 1. The maximum Gasteiger partial charge on any atom is 0.242 e. The van der Waals surface area contributed by atoms with Gasteiger partial charge in [-0.25, -0.2) is 0 Å². The van der Waals surface area contributed by atoms with Gasteiger partial charge in [0.05, 0.1) is 0 Å². The highest BCUT2D eigenvalue weighted by Crippen LogP contribution is 2.11. The van der Waals surface area contributed by atoms with Crippen molar-refractivity contribution in [3.8, 4) is 0 Å². The molecule has 2 amide bonds. The molecule has 0 radical (unpaired) electrons. The molecule has 1 unspecified atom stereocenters. The standard InChI is InChI=1S/C14H19N3O2/c1-10-14(19)16-8-9-17(10)13(18)7-4-11-2-5-12(15)6-3-11/h2-3,5-6,10H,4,7-9,15H2,1H3,(H,16,19). The van der Waals surface area contributed by atoms with Gasteiger partial charge in [-0.1, -0.05) is 12.1 Å². The molecular weight excluding hydrogens is 242 g/mol. The summed E-state index contributed by atoms with van der Waals surface area (Å²) < 4.78 is 0. The van der Waals surface area contributed by atoms with Gasteiger partial charge in [-0.2, -0.15) is 0 Å². The lowest BCUT2D eigenvalue weighted by molar-refractivity contribution is -0.142. The van der Waals surface area contributed by atoms with Crippen LogP contribution < -0.4 is 11.1 Å². The number of nitrogens with two attached hydrogens (primary N) is 1. The number of nitrogen functional groups attached to an aromatic ring is 1. The van der Waals surface area contributed by atoms with E-state index in [0.717, 1.165) is 11.3 Å². The van der Waals surface area contributed by atoms with Crippen molar-refractivity contribution in [2.75, 3.05) is 18.8 Å². The molecule has 0 aliphatic carbocycles. The van der Waals surface area contributed by atoms with Crippen molar-refractivity contribution in [2.45, 2.75) is 25.8 Å². The van der Waals surface area contributed by atoms with Crippen LogP contribution in [0, 0.1) is 0 Å². The minimum atomic E-state index is -0.368. The zero-order valence-electron chi connectivity index (χ0n) is 11.1. The Morgan fingerprint density at radius 3 is 2.79 bits per heavy atom. The summed E-state index contributed by atoms with van der Waals surface area (Å²) in [5.41, 5.74) is 7.41. The van der Waals surface area contributed by atoms with E-state index in [-0.39, 0.29) is 17.9 Å². The minimum absolute atomic E-state index is 0.0270. The molecule has 3 N–H and O–H groups in total. The number of nitrogens with one attached hydrogen (secondary N) is 1. The molecule has 5 nitrogen and oxygen atoms in total. The quantitative estimate of drug-likeness (QED) is 0.780. The highest BCUT2D eigenvalue weighted by Gasteiger charge is 2.28. The molecule has 0 aromatic heterocycles. The van der Waals surface area contributed by atoms with Crippen LogP contribution in [0.2, 0.25) is 0 Å². The smallest absolute Gasteiger partial charge is 0.242 e. The van der Waals surface area contributed by atoms with E-state index in [1.54, 1.807) is 11.8 Å². The molecule has 1 fully saturated rings. The van der Waals surface area contributed by atoms with E-state index in [9.17, 15) is 9.59 Å². The average Bonchev–Trinajstić information content (AvgIpc) is 2.41. The fraction of sp³-hybridized carbons (Fsp3) is 0.429. The van der Waals surface area contributed by atoms with Gasteiger partial charge in [0.2, 0.25) is 11.8 Å². The highest BCUT2D eigenvalue weighted by molar-refractivity contribution is 5.88. The number of piperazine rings is 1. The Balaban J connectivity index is 1.90. The van der Waals surface area contributed by atoms with Gasteiger partial charge < -0.3 is 16.0 Å². The van der Waals surface area contributed by atoms with E-state index in [2.05, 4.69) is 5.32 Å². The molecule has 1 aliphatic heterocycles. The van der Waals surface area contributed by atoms with Crippen LogP contribution in [-0.2, 0) is 16.0 Å². The lowest BCUT2D eigenvalue weighted by Gasteiger charge is -2.32. The first-order chi connectivity index (χ1) is 9.08. The van der Waals surface area contributed by atoms with Gasteiger partial charge in [-0.05, 0) is 31.0 Å². The van der Waals surface area contributed by atoms with Gasteiger partial charge in [-0.3, -0.25) is 9.59 Å². The first-order valence-electron chi connectivity index (χ1n) is 6.49. The summed E-state index contributed by atoms with van der Waals surface area (Å²) in [4.78, 5) is 25.3. The Kier molecular flexibility index (Phi) is 4.04. The molecule has 0 saturated carbocycles. The summed E-state index contributed by atoms with van der Waals surface area (Å²) in [7, 11) is 0. The molecular formula is C14H19N3O2. The number of carbonyl (C=O) groups is 2. The Morgan fingerprint density at radius 1 is 1.42 bits per heavy atom. The van der Waals surface area contributed by atoms with Crippen molar-refractivity contribution in [2.24, 2.45) is 0 Å². The summed E-state index contributed by atoms with van der Waals surface area (Å²) >= 11 is 0. The third kappa shape index (κ3) is 3.24. The van der Waals surface area contributed by atoms with Gasteiger partial charge in [-0.15, -0.1) is 0 Å². The highest BCUT2D eigenvalue weighted by atomic mass is 16.2. The van der Waals surface area contributed by atoms with E-state index in [1.165, 1.54) is 0 Å². The molecule has 19 heavy (non-hydrogen) atoms. The Labute approximate surface area is 112 Å². The van der Waals surface area contributed by atoms with Crippen molar-refractivity contribution in [3.05, 3.63) is 29.8 Å². The van der Waals surface area contributed by atoms with Gasteiger partial charge in [0.25, 0.3) is 0 Å². The third-order valence-corrected chi connectivity index (χ3v) is 3.43. The predicted molar refractivity (Wildman–Crippen MR) is 73.4 cm³/mol. The van der Waals surface area contributed by atoms with Crippen molar-refractivity contribution in [1.29, 1.82) is 0 Å². The molecule has 1 aromatic rings. The Morgan fingerprint density at radius 2 is 2.11 bits per heavy atom. The number of hydrogen-bond acceptors (Lipinski definition) is 3. The monoisotopic (exact) mass is 261 g/mol. The molecule has 1 aromatic carbocycles. The number of rotatable bonds is 3. The zero-order valence-corrected chi connectivity index (χ0v) is 11.1. The first kappa shape index (κ1) is 13.4. The lowest BCUT2D eigenvalue weighted by Crippen LogP contribution is -2.55. The molecule has 102 valence electrons. The number of carbonyl (C=O) groups excluding carboxylic acids is 2. The number of amides is 2. The molecule has 0 bridgehead atoms. The van der Waals surface area contributed by atoms with Crippen LogP contribution in [0.25, 0.3) is 0 Å². The second-order valence-corrected chi connectivity index (χ2v) is 4.80. The normalized spacial score (nSPS) is 19.1. The van der Waals surface area contributed by atoms with Crippen LogP contribution in [-0.4, -0.2) is 35.8 Å². The van der Waals surface area contributed by atoms with E-state index in [0.29, 0.717) is 25.9 Å². The summed E-state index contributed by atoms with van der Waals surface area (Å²) in [6.45, 7) is 2.89. The van der Waals surface area contributed by atoms with Crippen molar-refractivity contribution >= 4 is 17.5 Å². The second kappa shape index (κ2) is 5.73. The van der Waals surface area contributed by atoms with Crippen LogP contribution in [0.4, 0.5) is 5.69 Å². The molecule has 0 spiro atoms. The molecule has 1 atom stereocenters. The van der Waals surface area contributed by atoms with Crippen molar-refractivity contribution in [1.82, 2.24) is 10.2 Å². The number of aryl methyl sites for hydroxylation is 1. The van der Waals surface area contributed by atoms with Gasteiger partial charge in [0, 0.05) is 25.2 Å². The van der Waals surface area contributed by atoms with Gasteiger partial charge in [0.15, 0.2) is 0 Å². The largest absolute Gasteiger partial charge is 0.399 e. The Hall–Kier alpha value is -2.04. The van der Waals surface area contributed by atoms with Crippen LogP contribution in [0.1, 0.15) is 18.9 Å². The van der Waals surface area contributed by atoms with Crippen molar-refractivity contribution < 1.29 is 9.59 Å². The summed E-state index contributed by atoms with van der Waals surface area (Å²) in [5.74, 6) is -0.0498. The zero-order chi connectivity index (χ0) is 13.8. The summed E-state index contributed by atoms with van der Waals surface area (Å²) in [6.07, 6.45) is 1.09. The van der Waals surface area contributed by atoms with Gasteiger partial charge in [0.1, 0.15) is 6.04 Å². The van der Waals surface area contributed by atoms with Gasteiger partial charge >= 0.3 is 0 Å².